The van der Waals surface area contributed by atoms with Crippen LogP contribution in [0.15, 0.2) is 54.6 Å². The summed E-state index contributed by atoms with van der Waals surface area (Å²) >= 11 is 6.19. The van der Waals surface area contributed by atoms with Crippen LogP contribution in [0.5, 0.6) is 0 Å². The molecule has 2 aromatic rings. The molecule has 0 bridgehead atoms. The molecular formula is C18H22ClN. The van der Waals surface area contributed by atoms with Gasteiger partial charge in [-0.1, -0.05) is 48.5 Å². The molecule has 0 aliphatic heterocycles. The van der Waals surface area contributed by atoms with Gasteiger partial charge in [0.1, 0.15) is 0 Å². The normalized spacial score (nSPS) is 12.1. The minimum atomic E-state index is 0.0445. The minimum Gasteiger partial charge on any atom is -0.385 e. The summed E-state index contributed by atoms with van der Waals surface area (Å²) in [5, 5.41) is 3.54. The lowest BCUT2D eigenvalue weighted by molar-refractivity contribution is 0.762. The van der Waals surface area contributed by atoms with Crippen LogP contribution in [0, 0.1) is 0 Å². The molecule has 0 saturated carbocycles. The van der Waals surface area contributed by atoms with Crippen molar-refractivity contribution >= 4 is 17.3 Å². The summed E-state index contributed by atoms with van der Waals surface area (Å²) in [6.45, 7) is 3.00. The van der Waals surface area contributed by atoms with Crippen LogP contribution >= 0.6 is 11.6 Å². The van der Waals surface area contributed by atoms with Gasteiger partial charge in [-0.2, -0.15) is 0 Å². The van der Waals surface area contributed by atoms with Crippen LogP contribution in [0.4, 0.5) is 5.69 Å². The van der Waals surface area contributed by atoms with Gasteiger partial charge < -0.3 is 5.32 Å². The van der Waals surface area contributed by atoms with E-state index in [4.69, 9.17) is 11.6 Å². The first-order valence-corrected chi connectivity index (χ1v) is 7.72. The first-order chi connectivity index (χ1) is 9.77. The number of halogens is 1. The molecule has 2 aromatic carbocycles. The lowest BCUT2D eigenvalue weighted by Gasteiger charge is -2.13. The molecule has 0 heterocycles. The Morgan fingerprint density at radius 2 is 1.65 bits per heavy atom. The zero-order valence-corrected chi connectivity index (χ0v) is 12.7. The molecule has 0 amide bonds. The lowest BCUT2D eigenvalue weighted by atomic mass is 10.1. The van der Waals surface area contributed by atoms with E-state index in [2.05, 4.69) is 53.8 Å². The highest BCUT2D eigenvalue weighted by atomic mass is 35.5. The van der Waals surface area contributed by atoms with Crippen LogP contribution in [0.2, 0.25) is 0 Å². The maximum Gasteiger partial charge on any atom is 0.0577 e. The van der Waals surface area contributed by atoms with E-state index in [-0.39, 0.29) is 5.38 Å². The van der Waals surface area contributed by atoms with Gasteiger partial charge in [0.25, 0.3) is 0 Å². The zero-order valence-electron chi connectivity index (χ0n) is 12.0. The monoisotopic (exact) mass is 287 g/mol. The molecule has 1 unspecified atom stereocenters. The highest BCUT2D eigenvalue weighted by molar-refractivity contribution is 6.21. The van der Waals surface area contributed by atoms with Crippen LogP contribution < -0.4 is 5.32 Å². The Hall–Kier alpha value is -1.47. The fourth-order valence-electron chi connectivity index (χ4n) is 2.33. The number of aryl methyl sites for hydroxylation is 1. The molecule has 0 aliphatic rings. The second-order valence-electron chi connectivity index (χ2n) is 5.07. The summed E-state index contributed by atoms with van der Waals surface area (Å²) < 4.78 is 0. The molecule has 1 nitrogen and oxygen atoms in total. The molecule has 20 heavy (non-hydrogen) atoms. The summed E-state index contributed by atoms with van der Waals surface area (Å²) in [6.07, 6.45) is 3.52. The van der Waals surface area contributed by atoms with Gasteiger partial charge in [-0.05, 0) is 43.4 Å². The van der Waals surface area contributed by atoms with Crippen LogP contribution in [-0.4, -0.2) is 6.54 Å². The van der Waals surface area contributed by atoms with Gasteiger partial charge in [0.05, 0.1) is 5.38 Å². The fraction of sp³-hybridized carbons (Fsp3) is 0.333. The van der Waals surface area contributed by atoms with E-state index in [1.165, 1.54) is 24.0 Å². The number of benzene rings is 2. The number of para-hydroxylation sites is 1. The van der Waals surface area contributed by atoms with Crippen LogP contribution in [0.25, 0.3) is 0 Å². The molecule has 2 rings (SSSR count). The number of hydrogen-bond acceptors (Lipinski definition) is 1. The van der Waals surface area contributed by atoms with Gasteiger partial charge in [-0.25, -0.2) is 0 Å². The summed E-state index contributed by atoms with van der Waals surface area (Å²) in [5.74, 6) is 0. The van der Waals surface area contributed by atoms with Gasteiger partial charge >= 0.3 is 0 Å². The van der Waals surface area contributed by atoms with Crippen molar-refractivity contribution in [3.05, 3.63) is 65.7 Å². The number of rotatable bonds is 7. The average Bonchev–Trinajstić information content (AvgIpc) is 2.48. The number of hydrogen-bond donors (Lipinski definition) is 1. The lowest BCUT2D eigenvalue weighted by Crippen LogP contribution is -2.04. The van der Waals surface area contributed by atoms with E-state index in [0.717, 1.165) is 18.7 Å². The first-order valence-electron chi connectivity index (χ1n) is 7.28. The Morgan fingerprint density at radius 1 is 0.950 bits per heavy atom. The Bertz CT molecular complexity index is 508. The van der Waals surface area contributed by atoms with Crippen molar-refractivity contribution in [1.82, 2.24) is 0 Å². The molecular weight excluding hydrogens is 266 g/mol. The van der Waals surface area contributed by atoms with Crippen molar-refractivity contribution in [2.75, 3.05) is 11.9 Å². The van der Waals surface area contributed by atoms with Gasteiger partial charge in [-0.15, -0.1) is 11.6 Å². The quantitative estimate of drug-likeness (QED) is 0.529. The molecule has 0 spiro atoms. The van der Waals surface area contributed by atoms with Crippen molar-refractivity contribution in [1.29, 1.82) is 0 Å². The Morgan fingerprint density at radius 3 is 2.40 bits per heavy atom. The smallest absolute Gasteiger partial charge is 0.0577 e. The van der Waals surface area contributed by atoms with Crippen molar-refractivity contribution in [2.45, 2.75) is 31.6 Å². The maximum atomic E-state index is 6.19. The van der Waals surface area contributed by atoms with Crippen molar-refractivity contribution < 1.29 is 0 Å². The molecule has 0 saturated heterocycles. The number of nitrogens with one attached hydrogen (secondary N) is 1. The maximum absolute atomic E-state index is 6.19. The molecule has 1 N–H and O–H groups in total. The molecule has 0 fully saturated rings. The molecule has 0 aromatic heterocycles. The van der Waals surface area contributed by atoms with Crippen LogP contribution in [0.3, 0.4) is 0 Å². The highest BCUT2D eigenvalue weighted by Gasteiger charge is 2.06. The first kappa shape index (κ1) is 14.9. The Labute approximate surface area is 127 Å². The van der Waals surface area contributed by atoms with Crippen molar-refractivity contribution in [3.8, 4) is 0 Å². The Balaban J connectivity index is 1.74. The van der Waals surface area contributed by atoms with Crippen molar-refractivity contribution in [2.24, 2.45) is 0 Å². The molecule has 0 aliphatic carbocycles. The Kier molecular flexibility index (Phi) is 5.94. The van der Waals surface area contributed by atoms with Gasteiger partial charge in [0.2, 0.25) is 0 Å². The zero-order chi connectivity index (χ0) is 14.2. The largest absolute Gasteiger partial charge is 0.385 e. The summed E-state index contributed by atoms with van der Waals surface area (Å²) in [7, 11) is 0. The second kappa shape index (κ2) is 7.96. The van der Waals surface area contributed by atoms with Crippen molar-refractivity contribution in [3.63, 3.8) is 0 Å². The molecule has 0 radical (unpaired) electrons. The predicted molar refractivity (Wildman–Crippen MR) is 88.6 cm³/mol. The number of unbranched alkanes of at least 4 members (excludes halogenated alkanes) is 1. The number of anilines is 1. The van der Waals surface area contributed by atoms with E-state index in [1.54, 1.807) is 0 Å². The second-order valence-corrected chi connectivity index (χ2v) is 5.73. The third-order valence-electron chi connectivity index (χ3n) is 3.44. The van der Waals surface area contributed by atoms with E-state index in [1.807, 2.05) is 13.0 Å². The molecule has 106 valence electrons. The van der Waals surface area contributed by atoms with Gasteiger partial charge in [0.15, 0.2) is 0 Å². The van der Waals surface area contributed by atoms with Crippen LogP contribution in [0.1, 0.15) is 36.3 Å². The summed E-state index contributed by atoms with van der Waals surface area (Å²) in [5.41, 5.74) is 3.76. The summed E-state index contributed by atoms with van der Waals surface area (Å²) in [4.78, 5) is 0. The molecule has 2 heteroatoms. The van der Waals surface area contributed by atoms with Crippen LogP contribution in [-0.2, 0) is 6.42 Å². The highest BCUT2D eigenvalue weighted by Crippen LogP contribution is 2.26. The standard InChI is InChI=1S/C18H22ClN/c1-15(19)17-12-5-6-13-18(17)20-14-8-7-11-16-9-3-2-4-10-16/h2-6,9-10,12-13,15,20H,7-8,11,14H2,1H3. The third-order valence-corrected chi connectivity index (χ3v) is 3.67. The predicted octanol–water partition coefficient (Wildman–Crippen LogP) is 5.42. The van der Waals surface area contributed by atoms with E-state index < -0.39 is 0 Å². The third kappa shape index (κ3) is 4.57. The topological polar surface area (TPSA) is 12.0 Å². The van der Waals surface area contributed by atoms with E-state index >= 15 is 0 Å². The fourth-order valence-corrected chi connectivity index (χ4v) is 2.52. The molecule has 1 atom stereocenters. The SMILES string of the molecule is CC(Cl)c1ccccc1NCCCCc1ccccc1. The van der Waals surface area contributed by atoms with Gasteiger partial charge in [0, 0.05) is 12.2 Å². The number of alkyl halides is 1. The summed E-state index contributed by atoms with van der Waals surface area (Å²) in [6, 6.07) is 18.9. The average molecular weight is 288 g/mol. The minimum absolute atomic E-state index is 0.0445. The van der Waals surface area contributed by atoms with E-state index in [9.17, 15) is 0 Å². The van der Waals surface area contributed by atoms with E-state index in [0.29, 0.717) is 0 Å². The van der Waals surface area contributed by atoms with Gasteiger partial charge in [-0.3, -0.25) is 0 Å².